The van der Waals surface area contributed by atoms with Gasteiger partial charge < -0.3 is 14.0 Å². The molecule has 0 N–H and O–H groups in total. The van der Waals surface area contributed by atoms with E-state index in [1.165, 1.54) is 5.56 Å². The van der Waals surface area contributed by atoms with Crippen molar-refractivity contribution >= 4 is 22.6 Å². The first kappa shape index (κ1) is 16.2. The van der Waals surface area contributed by atoms with Gasteiger partial charge in [0.25, 0.3) is 0 Å². The second-order valence-corrected chi connectivity index (χ2v) is 6.02. The lowest BCUT2D eigenvalue weighted by Crippen LogP contribution is -2.33. The number of fused-ring (bicyclic) bond motifs is 1. The lowest BCUT2D eigenvalue weighted by Gasteiger charge is -2.28. The van der Waals surface area contributed by atoms with Crippen molar-refractivity contribution in [3.63, 3.8) is 0 Å². The summed E-state index contributed by atoms with van der Waals surface area (Å²) in [5, 5.41) is 1.29. The first-order valence-electron chi connectivity index (χ1n) is 7.06. The van der Waals surface area contributed by atoms with Gasteiger partial charge in [-0.05, 0) is 44.4 Å². The van der Waals surface area contributed by atoms with E-state index in [1.807, 2.05) is 6.92 Å². The van der Waals surface area contributed by atoms with Gasteiger partial charge >= 0.3 is 0 Å². The molecule has 21 heavy (non-hydrogen) atoms. The van der Waals surface area contributed by atoms with Crippen molar-refractivity contribution in [2.45, 2.75) is 45.9 Å². The molecule has 116 valence electrons. The van der Waals surface area contributed by atoms with Gasteiger partial charge in [-0.1, -0.05) is 6.92 Å². The van der Waals surface area contributed by atoms with E-state index in [9.17, 15) is 0 Å². The number of nitrogens with zero attached hydrogens (tertiary/aromatic N) is 3. The van der Waals surface area contributed by atoms with Crippen molar-refractivity contribution in [1.82, 2.24) is 14.5 Å². The molecule has 0 spiro atoms. The molecule has 0 radical (unpaired) electrons. The molecular formula is C15H22ClN3O2. The van der Waals surface area contributed by atoms with Crippen molar-refractivity contribution < 1.29 is 9.47 Å². The molecule has 2 aromatic heterocycles. The molecule has 2 heterocycles. The number of halogens is 1. The van der Waals surface area contributed by atoms with Crippen molar-refractivity contribution in [3.8, 4) is 0 Å². The Hall–Kier alpha value is -1.17. The zero-order valence-corrected chi connectivity index (χ0v) is 13.9. The average Bonchev–Trinajstić information content (AvgIpc) is 2.83. The van der Waals surface area contributed by atoms with E-state index in [2.05, 4.69) is 41.5 Å². The summed E-state index contributed by atoms with van der Waals surface area (Å²) in [5.74, 6) is 0. The third-order valence-corrected chi connectivity index (χ3v) is 3.82. The minimum Gasteiger partial charge on any atom is -0.356 e. The van der Waals surface area contributed by atoms with Crippen LogP contribution in [-0.4, -0.2) is 34.5 Å². The topological polar surface area (TPSA) is 49.2 Å². The van der Waals surface area contributed by atoms with Crippen LogP contribution in [0.25, 0.3) is 11.0 Å². The van der Waals surface area contributed by atoms with Crippen LogP contribution in [0.5, 0.6) is 0 Å². The van der Waals surface area contributed by atoms with Crippen molar-refractivity contribution in [3.05, 3.63) is 23.2 Å². The molecule has 6 heteroatoms. The molecule has 0 aliphatic heterocycles. The van der Waals surface area contributed by atoms with E-state index in [1.54, 1.807) is 13.3 Å². The van der Waals surface area contributed by atoms with E-state index >= 15 is 0 Å². The maximum absolute atomic E-state index is 5.96. The van der Waals surface area contributed by atoms with E-state index < -0.39 is 0 Å². The Kier molecular flexibility index (Phi) is 4.86. The molecule has 0 aliphatic rings. The molecule has 0 saturated carbocycles. The summed E-state index contributed by atoms with van der Waals surface area (Å²) in [5.41, 5.74) is 1.77. The Labute approximate surface area is 130 Å². The molecule has 2 aromatic rings. The quantitative estimate of drug-likeness (QED) is 0.606. The molecule has 0 aliphatic carbocycles. The normalized spacial score (nSPS) is 13.8. The molecular weight excluding hydrogens is 290 g/mol. The summed E-state index contributed by atoms with van der Waals surface area (Å²) >= 11 is 5.96. The molecule has 5 nitrogen and oxygen atoms in total. The smallest absolute Gasteiger partial charge is 0.224 e. The van der Waals surface area contributed by atoms with Crippen molar-refractivity contribution in [2.75, 3.05) is 13.7 Å². The highest BCUT2D eigenvalue weighted by Gasteiger charge is 2.25. The van der Waals surface area contributed by atoms with Crippen LogP contribution in [0.1, 0.15) is 33.3 Å². The molecule has 0 amide bonds. The zero-order valence-electron chi connectivity index (χ0n) is 13.2. The predicted octanol–water partition coefficient (Wildman–Crippen LogP) is 3.39. The van der Waals surface area contributed by atoms with Gasteiger partial charge in [0.05, 0.1) is 12.1 Å². The van der Waals surface area contributed by atoms with E-state index in [0.29, 0.717) is 6.61 Å². The summed E-state index contributed by atoms with van der Waals surface area (Å²) in [4.78, 5) is 8.48. The summed E-state index contributed by atoms with van der Waals surface area (Å²) in [6.07, 6.45) is 4.57. The van der Waals surface area contributed by atoms with Crippen LogP contribution < -0.4 is 0 Å². The minimum atomic E-state index is -0.268. The number of aryl methyl sites for hydroxylation is 1. The molecule has 2 rings (SSSR count). The molecule has 1 atom stereocenters. The Morgan fingerprint density at radius 1 is 1.43 bits per heavy atom. The van der Waals surface area contributed by atoms with Gasteiger partial charge in [-0.3, -0.25) is 0 Å². The van der Waals surface area contributed by atoms with Crippen LogP contribution in [0, 0.1) is 0 Å². The third kappa shape index (κ3) is 3.36. The second-order valence-electron chi connectivity index (χ2n) is 5.68. The van der Waals surface area contributed by atoms with Crippen LogP contribution in [0.15, 0.2) is 12.4 Å². The van der Waals surface area contributed by atoms with E-state index in [4.69, 9.17) is 21.1 Å². The largest absolute Gasteiger partial charge is 0.356 e. The summed E-state index contributed by atoms with van der Waals surface area (Å²) in [7, 11) is 1.63. The fourth-order valence-corrected chi connectivity index (χ4v) is 2.38. The fraction of sp³-hybridized carbons (Fsp3) is 0.600. The maximum Gasteiger partial charge on any atom is 0.224 e. The van der Waals surface area contributed by atoms with Gasteiger partial charge in [-0.25, -0.2) is 4.98 Å². The zero-order chi connectivity index (χ0) is 15.6. The van der Waals surface area contributed by atoms with Crippen LogP contribution in [0.2, 0.25) is 5.28 Å². The highest BCUT2D eigenvalue weighted by molar-refractivity contribution is 6.28. The molecule has 1 unspecified atom stereocenters. The molecule has 0 aromatic carbocycles. The number of rotatable bonds is 6. The molecule has 0 saturated heterocycles. The number of aromatic nitrogens is 3. The minimum absolute atomic E-state index is 0.241. The van der Waals surface area contributed by atoms with Gasteiger partial charge in [-0.15, -0.1) is 0 Å². The predicted molar refractivity (Wildman–Crippen MR) is 83.7 cm³/mol. The van der Waals surface area contributed by atoms with Crippen LogP contribution in [-0.2, 0) is 21.4 Å². The second kappa shape index (κ2) is 6.30. The first-order chi connectivity index (χ1) is 9.89. The van der Waals surface area contributed by atoms with Crippen molar-refractivity contribution in [1.29, 1.82) is 0 Å². The van der Waals surface area contributed by atoms with Gasteiger partial charge in [0.1, 0.15) is 5.65 Å². The van der Waals surface area contributed by atoms with Crippen molar-refractivity contribution in [2.24, 2.45) is 0 Å². The number of ether oxygens (including phenoxy) is 2. The summed E-state index contributed by atoms with van der Waals surface area (Å²) in [6.45, 7) is 8.70. The van der Waals surface area contributed by atoms with E-state index in [-0.39, 0.29) is 17.1 Å². The van der Waals surface area contributed by atoms with Crippen LogP contribution in [0.3, 0.4) is 0 Å². The highest BCUT2D eigenvalue weighted by atomic mass is 35.5. The summed E-state index contributed by atoms with van der Waals surface area (Å²) < 4.78 is 13.0. The lowest BCUT2D eigenvalue weighted by atomic mass is 10.1. The third-order valence-electron chi connectivity index (χ3n) is 3.63. The lowest BCUT2D eigenvalue weighted by molar-refractivity contribution is -0.127. The first-order valence-corrected chi connectivity index (χ1v) is 7.44. The van der Waals surface area contributed by atoms with Gasteiger partial charge in [0.2, 0.25) is 5.28 Å². The van der Waals surface area contributed by atoms with Gasteiger partial charge in [0.15, 0.2) is 6.29 Å². The number of methoxy groups -OCH3 is 1. The Balaban J connectivity index is 2.42. The maximum atomic E-state index is 5.96. The Bertz CT molecular complexity index is 625. The Morgan fingerprint density at radius 3 is 2.76 bits per heavy atom. The molecule has 0 bridgehead atoms. The van der Waals surface area contributed by atoms with Gasteiger partial charge in [0, 0.05) is 24.9 Å². The van der Waals surface area contributed by atoms with Crippen LogP contribution in [0.4, 0.5) is 0 Å². The number of hydrogen-bond acceptors (Lipinski definition) is 4. The van der Waals surface area contributed by atoms with Gasteiger partial charge in [-0.2, -0.15) is 4.98 Å². The average molecular weight is 312 g/mol. The summed E-state index contributed by atoms with van der Waals surface area (Å²) in [6, 6.07) is 0. The Morgan fingerprint density at radius 2 is 2.14 bits per heavy atom. The SMILES string of the molecule is CCc1cn(C(C)(C)COC(C)OC)c2nc(Cl)ncc12. The molecule has 0 fully saturated rings. The number of hydrogen-bond donors (Lipinski definition) is 0. The van der Waals surface area contributed by atoms with E-state index in [0.717, 1.165) is 17.5 Å². The standard InChI is InChI=1S/C15H22ClN3O2/c1-6-11-8-19(13-12(11)7-17-14(16)18-13)15(3,4)9-21-10(2)20-5/h7-8,10H,6,9H2,1-5H3. The monoisotopic (exact) mass is 311 g/mol. The van der Waals surface area contributed by atoms with Crippen LogP contribution >= 0.6 is 11.6 Å². The highest BCUT2D eigenvalue weighted by Crippen LogP contribution is 2.27. The fourth-order valence-electron chi connectivity index (χ4n) is 2.25.